The molecular formula is C17H21N3O7S. The number of hydrogen-bond acceptors (Lipinski definition) is 8. The van der Waals surface area contributed by atoms with Gasteiger partial charge in [0.15, 0.2) is 0 Å². The molecule has 1 aromatic rings. The molecule has 1 aliphatic heterocycles. The monoisotopic (exact) mass is 411 g/mol. The van der Waals surface area contributed by atoms with Crippen molar-refractivity contribution in [2.24, 2.45) is 0 Å². The highest BCUT2D eigenvalue weighted by molar-refractivity contribution is 8.13. The summed E-state index contributed by atoms with van der Waals surface area (Å²) in [5, 5.41) is 12.4. The molecule has 2 amide bonds. The van der Waals surface area contributed by atoms with Crippen LogP contribution in [0, 0.1) is 10.1 Å². The molecule has 152 valence electrons. The SMILES string of the molecule is CCOC(=O)S[C@H]1C[C@@H](C(=O)NC)N(C(=O)OCc2ccc([N+](=O)[O-])cc2)C1. The second-order valence-corrected chi connectivity index (χ2v) is 7.15. The number of carbonyl (C=O) groups excluding carboxylic acids is 3. The van der Waals surface area contributed by atoms with Crippen molar-refractivity contribution in [2.45, 2.75) is 31.2 Å². The Balaban J connectivity index is 1.98. The third kappa shape index (κ3) is 5.59. The van der Waals surface area contributed by atoms with Crippen LogP contribution in [0.3, 0.4) is 0 Å². The number of nitrogens with zero attached hydrogens (tertiary/aromatic N) is 2. The highest BCUT2D eigenvalue weighted by atomic mass is 32.2. The molecule has 0 aliphatic carbocycles. The van der Waals surface area contributed by atoms with E-state index in [1.165, 1.54) is 36.2 Å². The van der Waals surface area contributed by atoms with Gasteiger partial charge in [-0.05, 0) is 42.8 Å². The summed E-state index contributed by atoms with van der Waals surface area (Å²) in [6.07, 6.45) is -0.394. The Hall–Kier alpha value is -2.82. The summed E-state index contributed by atoms with van der Waals surface area (Å²) in [7, 11) is 1.47. The number of ether oxygens (including phenoxy) is 2. The van der Waals surface area contributed by atoms with Crippen LogP contribution in [-0.4, -0.2) is 58.6 Å². The van der Waals surface area contributed by atoms with Gasteiger partial charge in [-0.1, -0.05) is 0 Å². The van der Waals surface area contributed by atoms with Gasteiger partial charge in [0.1, 0.15) is 12.6 Å². The van der Waals surface area contributed by atoms with Crippen molar-refractivity contribution in [1.29, 1.82) is 0 Å². The highest BCUT2D eigenvalue weighted by Crippen LogP contribution is 2.29. The van der Waals surface area contributed by atoms with E-state index in [1.807, 2.05) is 0 Å². The van der Waals surface area contributed by atoms with Crippen LogP contribution >= 0.6 is 11.8 Å². The lowest BCUT2D eigenvalue weighted by atomic mass is 10.2. The first kappa shape index (κ1) is 21.5. The molecule has 1 fully saturated rings. The zero-order chi connectivity index (χ0) is 20.7. The maximum absolute atomic E-state index is 12.5. The van der Waals surface area contributed by atoms with Crippen LogP contribution in [0.1, 0.15) is 18.9 Å². The molecule has 0 saturated carbocycles. The van der Waals surface area contributed by atoms with Crippen LogP contribution in [0.2, 0.25) is 0 Å². The number of benzene rings is 1. The minimum Gasteiger partial charge on any atom is -0.458 e. The van der Waals surface area contributed by atoms with E-state index in [0.29, 0.717) is 12.0 Å². The van der Waals surface area contributed by atoms with E-state index in [2.05, 4.69) is 5.32 Å². The number of nitro groups is 1. The lowest BCUT2D eigenvalue weighted by molar-refractivity contribution is -0.384. The minimum atomic E-state index is -0.749. The minimum absolute atomic E-state index is 0.0619. The topological polar surface area (TPSA) is 128 Å². The Kier molecular flexibility index (Phi) is 7.61. The van der Waals surface area contributed by atoms with E-state index in [1.54, 1.807) is 6.92 Å². The molecule has 0 unspecified atom stereocenters. The average Bonchev–Trinajstić information content (AvgIpc) is 3.09. The van der Waals surface area contributed by atoms with Gasteiger partial charge in [0, 0.05) is 31.0 Å². The third-order valence-electron chi connectivity index (χ3n) is 4.08. The van der Waals surface area contributed by atoms with Gasteiger partial charge in [0.25, 0.3) is 5.69 Å². The van der Waals surface area contributed by atoms with Gasteiger partial charge >= 0.3 is 11.4 Å². The zero-order valence-electron chi connectivity index (χ0n) is 15.5. The van der Waals surface area contributed by atoms with Gasteiger partial charge in [0.2, 0.25) is 5.91 Å². The number of nitro benzene ring substituents is 1. The van der Waals surface area contributed by atoms with Crippen LogP contribution in [-0.2, 0) is 20.9 Å². The average molecular weight is 411 g/mol. The van der Waals surface area contributed by atoms with Crippen LogP contribution in [0.4, 0.5) is 15.3 Å². The summed E-state index contributed by atoms with van der Waals surface area (Å²) >= 11 is 0.949. The number of hydrogen-bond donors (Lipinski definition) is 1. The number of rotatable bonds is 6. The summed E-state index contributed by atoms with van der Waals surface area (Å²) in [5.74, 6) is -0.348. The summed E-state index contributed by atoms with van der Waals surface area (Å²) in [5.41, 5.74) is 0.514. The molecule has 0 spiro atoms. The molecule has 1 saturated heterocycles. The Morgan fingerprint density at radius 1 is 1.29 bits per heavy atom. The van der Waals surface area contributed by atoms with E-state index >= 15 is 0 Å². The van der Waals surface area contributed by atoms with E-state index in [0.717, 1.165) is 11.8 Å². The van der Waals surface area contributed by atoms with Crippen molar-refractivity contribution < 1.29 is 28.8 Å². The van der Waals surface area contributed by atoms with Crippen molar-refractivity contribution in [1.82, 2.24) is 10.2 Å². The van der Waals surface area contributed by atoms with Crippen LogP contribution in [0.5, 0.6) is 0 Å². The van der Waals surface area contributed by atoms with E-state index in [9.17, 15) is 24.5 Å². The molecular weight excluding hydrogens is 390 g/mol. The Labute approximate surface area is 165 Å². The van der Waals surface area contributed by atoms with Gasteiger partial charge in [0.05, 0.1) is 11.5 Å². The van der Waals surface area contributed by atoms with Crippen LogP contribution < -0.4 is 5.32 Å². The quantitative estimate of drug-likeness (QED) is 0.429. The molecule has 2 atom stereocenters. The van der Waals surface area contributed by atoms with Gasteiger partial charge in [-0.3, -0.25) is 19.8 Å². The Morgan fingerprint density at radius 2 is 1.96 bits per heavy atom. The summed E-state index contributed by atoms with van der Waals surface area (Å²) in [4.78, 5) is 47.7. The lowest BCUT2D eigenvalue weighted by Crippen LogP contribution is -2.45. The molecule has 28 heavy (non-hydrogen) atoms. The molecule has 1 aromatic carbocycles. The molecule has 10 nitrogen and oxygen atoms in total. The van der Waals surface area contributed by atoms with E-state index in [4.69, 9.17) is 9.47 Å². The number of amides is 2. The zero-order valence-corrected chi connectivity index (χ0v) is 16.3. The predicted octanol–water partition coefficient (Wildman–Crippen LogP) is 2.31. The number of non-ortho nitro benzene ring substituents is 1. The first-order chi connectivity index (χ1) is 13.3. The number of likely N-dealkylation sites (tertiary alicyclic amines) is 1. The first-order valence-electron chi connectivity index (χ1n) is 8.57. The number of thioether (sulfide) groups is 1. The van der Waals surface area contributed by atoms with Gasteiger partial charge in [-0.2, -0.15) is 0 Å². The summed E-state index contributed by atoms with van der Waals surface area (Å²) in [6, 6.07) is 4.87. The second-order valence-electron chi connectivity index (χ2n) is 5.92. The normalized spacial score (nSPS) is 18.4. The fourth-order valence-corrected chi connectivity index (χ4v) is 3.70. The molecule has 0 radical (unpaired) electrons. The van der Waals surface area contributed by atoms with Crippen LogP contribution in [0.25, 0.3) is 0 Å². The fourth-order valence-electron chi connectivity index (χ4n) is 2.73. The van der Waals surface area contributed by atoms with Crippen molar-refractivity contribution in [2.75, 3.05) is 20.2 Å². The third-order valence-corrected chi connectivity index (χ3v) is 5.07. The maximum Gasteiger partial charge on any atom is 0.410 e. The second kappa shape index (κ2) is 9.93. The Morgan fingerprint density at radius 3 is 2.54 bits per heavy atom. The summed E-state index contributed by atoms with van der Waals surface area (Å²) < 4.78 is 10.1. The first-order valence-corrected chi connectivity index (χ1v) is 9.45. The molecule has 2 rings (SSSR count). The van der Waals surface area contributed by atoms with E-state index < -0.39 is 22.4 Å². The van der Waals surface area contributed by atoms with Gasteiger partial charge in [-0.15, -0.1) is 0 Å². The fraction of sp³-hybridized carbons (Fsp3) is 0.471. The smallest absolute Gasteiger partial charge is 0.410 e. The van der Waals surface area contributed by atoms with Crippen molar-refractivity contribution in [3.63, 3.8) is 0 Å². The molecule has 1 N–H and O–H groups in total. The van der Waals surface area contributed by atoms with Gasteiger partial charge in [-0.25, -0.2) is 9.59 Å². The van der Waals surface area contributed by atoms with Crippen molar-refractivity contribution in [3.8, 4) is 0 Å². The maximum atomic E-state index is 12.5. The van der Waals surface area contributed by atoms with Crippen LogP contribution in [0.15, 0.2) is 24.3 Å². The molecule has 1 heterocycles. The Bertz CT molecular complexity index is 741. The van der Waals surface area contributed by atoms with Crippen molar-refractivity contribution in [3.05, 3.63) is 39.9 Å². The molecule has 1 aliphatic rings. The standard InChI is InChI=1S/C17H21N3O7S/c1-3-26-17(23)28-13-8-14(15(21)18-2)19(9-13)16(22)27-10-11-4-6-12(7-5-11)20(24)25/h4-7,13-14H,3,8-10H2,1-2H3,(H,18,21)/t13-,14-/m0/s1. The van der Waals surface area contributed by atoms with E-state index in [-0.39, 0.29) is 36.6 Å². The van der Waals surface area contributed by atoms with Gasteiger partial charge < -0.3 is 14.8 Å². The van der Waals surface area contributed by atoms with Crippen molar-refractivity contribution >= 4 is 34.8 Å². The number of carbonyl (C=O) groups is 3. The summed E-state index contributed by atoms with van der Waals surface area (Å²) in [6.45, 7) is 2.02. The molecule has 0 bridgehead atoms. The number of nitrogens with one attached hydrogen (secondary N) is 1. The number of likely N-dealkylation sites (N-methyl/N-ethyl adjacent to an activating group) is 1. The molecule has 11 heteroatoms. The predicted molar refractivity (Wildman–Crippen MR) is 101 cm³/mol. The largest absolute Gasteiger partial charge is 0.458 e. The lowest BCUT2D eigenvalue weighted by Gasteiger charge is -2.22. The highest BCUT2D eigenvalue weighted by Gasteiger charge is 2.41. The molecule has 0 aromatic heterocycles.